The van der Waals surface area contributed by atoms with Gasteiger partial charge in [-0.05, 0) is 37.5 Å². The Morgan fingerprint density at radius 3 is 3.20 bits per heavy atom. The van der Waals surface area contributed by atoms with Crippen LogP contribution in [0.2, 0.25) is 0 Å². The Kier molecular flexibility index (Phi) is 2.49. The molecule has 1 aromatic carbocycles. The van der Waals surface area contributed by atoms with E-state index in [1.54, 1.807) is 13.1 Å². The average molecular weight is 271 g/mol. The number of ether oxygens (including phenoxy) is 1. The van der Waals surface area contributed by atoms with Crippen LogP contribution >= 0.6 is 0 Å². The molecule has 2 aliphatic heterocycles. The SMILES string of the molecule is CNC(=O)Oc1ccc2c(c1)CN1C(=N2)C2CCC1C2. The van der Waals surface area contributed by atoms with Crippen LogP contribution in [-0.4, -0.2) is 29.9 Å². The molecule has 4 rings (SSSR count). The summed E-state index contributed by atoms with van der Waals surface area (Å²) >= 11 is 0. The number of nitrogens with one attached hydrogen (secondary N) is 1. The summed E-state index contributed by atoms with van der Waals surface area (Å²) in [5.41, 5.74) is 2.16. The van der Waals surface area contributed by atoms with Crippen LogP contribution in [0.5, 0.6) is 5.75 Å². The van der Waals surface area contributed by atoms with Gasteiger partial charge in [0.2, 0.25) is 0 Å². The zero-order valence-corrected chi connectivity index (χ0v) is 11.4. The van der Waals surface area contributed by atoms with Crippen LogP contribution in [0.15, 0.2) is 23.2 Å². The number of aliphatic imine (C=N–C) groups is 1. The van der Waals surface area contributed by atoms with E-state index >= 15 is 0 Å². The van der Waals surface area contributed by atoms with Gasteiger partial charge in [-0.1, -0.05) is 0 Å². The second kappa shape index (κ2) is 4.23. The molecule has 5 heteroatoms. The molecule has 2 fully saturated rings. The van der Waals surface area contributed by atoms with Crippen molar-refractivity contribution in [2.45, 2.75) is 31.8 Å². The van der Waals surface area contributed by atoms with E-state index in [1.807, 2.05) is 12.1 Å². The zero-order valence-electron chi connectivity index (χ0n) is 11.4. The van der Waals surface area contributed by atoms with E-state index in [4.69, 9.17) is 9.73 Å². The highest BCUT2D eigenvalue weighted by Gasteiger charge is 2.44. The van der Waals surface area contributed by atoms with Crippen LogP contribution in [0.4, 0.5) is 10.5 Å². The van der Waals surface area contributed by atoms with Gasteiger partial charge in [0.1, 0.15) is 11.6 Å². The van der Waals surface area contributed by atoms with Crippen molar-refractivity contribution < 1.29 is 9.53 Å². The second-order valence-corrected chi connectivity index (χ2v) is 5.69. The summed E-state index contributed by atoms with van der Waals surface area (Å²) in [5, 5.41) is 2.45. The normalized spacial score (nSPS) is 25.9. The Labute approximate surface area is 117 Å². The number of hydrogen-bond donors (Lipinski definition) is 1. The van der Waals surface area contributed by atoms with Crippen molar-refractivity contribution in [3.63, 3.8) is 0 Å². The maximum atomic E-state index is 11.3. The van der Waals surface area contributed by atoms with Gasteiger partial charge >= 0.3 is 6.09 Å². The van der Waals surface area contributed by atoms with Gasteiger partial charge in [0.15, 0.2) is 0 Å². The summed E-state index contributed by atoms with van der Waals surface area (Å²) in [7, 11) is 1.55. The number of amidine groups is 1. The highest BCUT2D eigenvalue weighted by molar-refractivity contribution is 5.92. The predicted molar refractivity (Wildman–Crippen MR) is 75.3 cm³/mol. The summed E-state index contributed by atoms with van der Waals surface area (Å²) in [6.45, 7) is 0.889. The van der Waals surface area contributed by atoms with Gasteiger partial charge in [-0.25, -0.2) is 9.79 Å². The lowest BCUT2D eigenvalue weighted by molar-refractivity contribution is 0.203. The molecular weight excluding hydrogens is 254 g/mol. The number of nitrogens with zero attached hydrogens (tertiary/aromatic N) is 2. The quantitative estimate of drug-likeness (QED) is 0.853. The maximum absolute atomic E-state index is 11.3. The summed E-state index contributed by atoms with van der Waals surface area (Å²) in [5.74, 6) is 2.51. The van der Waals surface area contributed by atoms with Gasteiger partial charge in [-0.2, -0.15) is 0 Å². The molecule has 2 atom stereocenters. The fraction of sp³-hybridized carbons (Fsp3) is 0.467. The number of hydrogen-bond acceptors (Lipinski definition) is 4. The number of fused-ring (bicyclic) bond motifs is 6. The number of piperidine rings is 1. The number of rotatable bonds is 1. The van der Waals surface area contributed by atoms with Gasteiger partial charge in [0, 0.05) is 31.1 Å². The van der Waals surface area contributed by atoms with E-state index in [-0.39, 0.29) is 0 Å². The molecule has 0 spiro atoms. The summed E-state index contributed by atoms with van der Waals surface area (Å²) in [4.78, 5) is 18.5. The number of carbonyl (C=O) groups is 1. The standard InChI is InChI=1S/C15H17N3O2/c1-16-15(19)20-12-4-5-13-10(7-12)8-18-11-3-2-9(6-11)14(18)17-13/h4-5,7,9,11H,2-3,6,8H2,1H3,(H,16,19). The molecule has 104 valence electrons. The van der Waals surface area contributed by atoms with Crippen molar-refractivity contribution in [1.82, 2.24) is 10.2 Å². The molecule has 2 heterocycles. The summed E-state index contributed by atoms with van der Waals surface area (Å²) < 4.78 is 5.19. The van der Waals surface area contributed by atoms with Crippen LogP contribution in [0.25, 0.3) is 0 Å². The number of amides is 1. The van der Waals surface area contributed by atoms with E-state index in [0.29, 0.717) is 17.7 Å². The fourth-order valence-electron chi connectivity index (χ4n) is 3.59. The molecule has 2 bridgehead atoms. The Morgan fingerprint density at radius 1 is 1.45 bits per heavy atom. The Bertz CT molecular complexity index is 611. The van der Waals surface area contributed by atoms with Crippen molar-refractivity contribution in [2.24, 2.45) is 10.9 Å². The fourth-order valence-corrected chi connectivity index (χ4v) is 3.59. The number of carbonyl (C=O) groups excluding carboxylic acids is 1. The van der Waals surface area contributed by atoms with E-state index in [9.17, 15) is 4.79 Å². The van der Waals surface area contributed by atoms with E-state index in [1.165, 1.54) is 25.1 Å². The molecule has 1 saturated carbocycles. The molecule has 1 aromatic rings. The summed E-state index contributed by atoms with van der Waals surface area (Å²) in [6, 6.07) is 6.34. The topological polar surface area (TPSA) is 53.9 Å². The van der Waals surface area contributed by atoms with Crippen LogP contribution in [0.3, 0.4) is 0 Å². The van der Waals surface area contributed by atoms with E-state index < -0.39 is 6.09 Å². The van der Waals surface area contributed by atoms with Crippen molar-refractivity contribution >= 4 is 17.6 Å². The largest absolute Gasteiger partial charge is 0.412 e. The van der Waals surface area contributed by atoms with Crippen LogP contribution < -0.4 is 10.1 Å². The van der Waals surface area contributed by atoms with Gasteiger partial charge in [-0.15, -0.1) is 0 Å². The van der Waals surface area contributed by atoms with Crippen LogP contribution in [0.1, 0.15) is 24.8 Å². The molecule has 1 N–H and O–H groups in total. The first-order valence-corrected chi connectivity index (χ1v) is 7.12. The Balaban J connectivity index is 1.65. The first-order valence-electron chi connectivity index (χ1n) is 7.12. The monoisotopic (exact) mass is 271 g/mol. The highest BCUT2D eigenvalue weighted by atomic mass is 16.5. The maximum Gasteiger partial charge on any atom is 0.412 e. The third-order valence-electron chi connectivity index (χ3n) is 4.55. The van der Waals surface area contributed by atoms with Crippen molar-refractivity contribution in [2.75, 3.05) is 7.05 Å². The first kappa shape index (κ1) is 11.8. The lowest BCUT2D eigenvalue weighted by Crippen LogP contribution is -2.38. The minimum atomic E-state index is -0.440. The predicted octanol–water partition coefficient (Wildman–Crippen LogP) is 2.43. The van der Waals surface area contributed by atoms with Crippen molar-refractivity contribution in [3.05, 3.63) is 23.8 Å². The molecule has 2 unspecified atom stereocenters. The van der Waals surface area contributed by atoms with Gasteiger partial charge in [-0.3, -0.25) is 0 Å². The smallest absolute Gasteiger partial charge is 0.410 e. The van der Waals surface area contributed by atoms with Crippen molar-refractivity contribution in [3.8, 4) is 5.75 Å². The summed E-state index contributed by atoms with van der Waals surface area (Å²) in [6.07, 6.45) is 3.39. The number of benzene rings is 1. The lowest BCUT2D eigenvalue weighted by Gasteiger charge is -2.34. The van der Waals surface area contributed by atoms with Crippen molar-refractivity contribution in [1.29, 1.82) is 0 Å². The first-order chi connectivity index (χ1) is 9.74. The van der Waals surface area contributed by atoms with Gasteiger partial charge < -0.3 is 15.0 Å². The Morgan fingerprint density at radius 2 is 2.35 bits per heavy atom. The molecule has 1 amide bonds. The van der Waals surface area contributed by atoms with Crippen LogP contribution in [-0.2, 0) is 6.54 Å². The minimum absolute atomic E-state index is 0.440. The molecule has 0 aromatic heterocycles. The van der Waals surface area contributed by atoms with E-state index in [2.05, 4.69) is 10.2 Å². The average Bonchev–Trinajstić information content (AvgIpc) is 3.06. The molecule has 1 aliphatic carbocycles. The zero-order chi connectivity index (χ0) is 13.7. The second-order valence-electron chi connectivity index (χ2n) is 5.69. The van der Waals surface area contributed by atoms with Gasteiger partial charge in [0.05, 0.1) is 5.69 Å². The van der Waals surface area contributed by atoms with Gasteiger partial charge in [0.25, 0.3) is 0 Å². The molecule has 5 nitrogen and oxygen atoms in total. The van der Waals surface area contributed by atoms with Crippen LogP contribution in [0, 0.1) is 5.92 Å². The third-order valence-corrected chi connectivity index (χ3v) is 4.55. The molecule has 20 heavy (non-hydrogen) atoms. The molecule has 0 radical (unpaired) electrons. The lowest BCUT2D eigenvalue weighted by atomic mass is 10.0. The Hall–Kier alpha value is -2.04. The molecular formula is C15H17N3O2. The third kappa shape index (κ3) is 1.69. The molecule has 3 aliphatic rings. The highest BCUT2D eigenvalue weighted by Crippen LogP contribution is 2.44. The molecule has 1 saturated heterocycles. The van der Waals surface area contributed by atoms with E-state index in [0.717, 1.165) is 17.8 Å². The minimum Gasteiger partial charge on any atom is -0.410 e.